The molecule has 22 heavy (non-hydrogen) atoms. The Labute approximate surface area is 131 Å². The molecule has 2 aliphatic rings. The molecular weight excluding hydrogens is 276 g/mol. The van der Waals surface area contributed by atoms with Gasteiger partial charge in [0.15, 0.2) is 0 Å². The van der Waals surface area contributed by atoms with Crippen LogP contribution in [-0.2, 0) is 16.0 Å². The topological polar surface area (TPSA) is 49.4 Å². The number of hydrogen-bond acceptors (Lipinski definition) is 2. The molecule has 4 heteroatoms. The van der Waals surface area contributed by atoms with Crippen LogP contribution in [0, 0.1) is 5.41 Å². The highest BCUT2D eigenvalue weighted by molar-refractivity contribution is 6.06. The van der Waals surface area contributed by atoms with E-state index in [9.17, 15) is 9.59 Å². The monoisotopic (exact) mass is 300 g/mol. The van der Waals surface area contributed by atoms with Crippen molar-refractivity contribution >= 4 is 23.2 Å². The molecular formula is C18H24N2O2. The molecule has 1 aromatic carbocycles. The summed E-state index contributed by atoms with van der Waals surface area (Å²) in [6.07, 6.45) is 2.45. The molecule has 0 unspecified atom stereocenters. The minimum Gasteiger partial charge on any atom is -0.326 e. The average Bonchev–Trinajstić information content (AvgIpc) is 2.64. The van der Waals surface area contributed by atoms with E-state index in [0.717, 1.165) is 36.3 Å². The zero-order valence-electron chi connectivity index (χ0n) is 13.8. The Morgan fingerprint density at radius 3 is 2.77 bits per heavy atom. The first-order valence-electron chi connectivity index (χ1n) is 8.04. The number of nitrogens with zero attached hydrogens (tertiary/aromatic N) is 1. The van der Waals surface area contributed by atoms with Crippen molar-refractivity contribution in [2.24, 2.45) is 5.41 Å². The van der Waals surface area contributed by atoms with Crippen molar-refractivity contribution in [1.29, 1.82) is 0 Å². The fraction of sp³-hybridized carbons (Fsp3) is 0.556. The molecule has 3 rings (SSSR count). The number of carbonyl (C=O) groups excluding carboxylic acids is 2. The van der Waals surface area contributed by atoms with Crippen molar-refractivity contribution in [3.63, 3.8) is 0 Å². The van der Waals surface area contributed by atoms with Crippen molar-refractivity contribution in [1.82, 2.24) is 0 Å². The van der Waals surface area contributed by atoms with Crippen molar-refractivity contribution in [3.05, 3.63) is 23.3 Å². The molecule has 1 N–H and O–H groups in total. The van der Waals surface area contributed by atoms with Crippen molar-refractivity contribution < 1.29 is 9.59 Å². The number of anilines is 2. The lowest BCUT2D eigenvalue weighted by Crippen LogP contribution is -2.32. The first-order valence-corrected chi connectivity index (χ1v) is 8.04. The van der Waals surface area contributed by atoms with Gasteiger partial charge in [-0.05, 0) is 48.4 Å². The highest BCUT2D eigenvalue weighted by Gasteiger charge is 2.37. The smallest absolute Gasteiger partial charge is 0.234 e. The molecule has 1 aromatic rings. The van der Waals surface area contributed by atoms with Crippen molar-refractivity contribution in [3.8, 4) is 0 Å². The van der Waals surface area contributed by atoms with E-state index in [-0.39, 0.29) is 23.1 Å². The molecule has 1 atom stereocenters. The fourth-order valence-corrected chi connectivity index (χ4v) is 3.45. The van der Waals surface area contributed by atoms with Gasteiger partial charge in [-0.3, -0.25) is 9.59 Å². The van der Waals surface area contributed by atoms with Crippen LogP contribution < -0.4 is 10.2 Å². The van der Waals surface area contributed by atoms with E-state index < -0.39 is 0 Å². The van der Waals surface area contributed by atoms with E-state index in [1.54, 1.807) is 0 Å². The average molecular weight is 300 g/mol. The maximum Gasteiger partial charge on any atom is 0.234 e. The van der Waals surface area contributed by atoms with Gasteiger partial charge in [0.25, 0.3) is 0 Å². The van der Waals surface area contributed by atoms with Crippen LogP contribution in [0.5, 0.6) is 0 Å². The molecule has 0 saturated heterocycles. The second-order valence-electron chi connectivity index (χ2n) is 7.67. The van der Waals surface area contributed by atoms with Gasteiger partial charge in [-0.25, -0.2) is 0 Å². The first kappa shape index (κ1) is 15.1. The molecule has 0 radical (unpaired) electrons. The molecule has 0 spiro atoms. The van der Waals surface area contributed by atoms with Crippen molar-refractivity contribution in [2.45, 2.75) is 52.9 Å². The minimum atomic E-state index is -0.105. The van der Waals surface area contributed by atoms with Crippen LogP contribution >= 0.6 is 0 Å². The lowest BCUT2D eigenvalue weighted by molar-refractivity contribution is -0.119. The molecule has 0 aliphatic carbocycles. The number of carbonyl (C=O) groups is 2. The number of nitrogens with one attached hydrogen (secondary N) is 1. The third-order valence-corrected chi connectivity index (χ3v) is 4.39. The van der Waals surface area contributed by atoms with E-state index >= 15 is 0 Å². The lowest BCUT2D eigenvalue weighted by atomic mass is 9.91. The maximum atomic E-state index is 12.3. The largest absolute Gasteiger partial charge is 0.326 e. The van der Waals surface area contributed by atoms with Crippen LogP contribution in [0.25, 0.3) is 0 Å². The van der Waals surface area contributed by atoms with Crippen LogP contribution in [0.2, 0.25) is 0 Å². The van der Waals surface area contributed by atoms with Gasteiger partial charge in [0, 0.05) is 18.7 Å². The van der Waals surface area contributed by atoms with Gasteiger partial charge in [0.05, 0.1) is 11.6 Å². The highest BCUT2D eigenvalue weighted by Crippen LogP contribution is 2.44. The van der Waals surface area contributed by atoms with Gasteiger partial charge in [0.1, 0.15) is 0 Å². The standard InChI is InChI=1S/C18H24N2O2/c1-11-14-9-13(19-15(21)10-18(2,3)4)8-12-6-5-7-20(16(12)14)17(11)22/h8-9,11H,5-7,10H2,1-4H3,(H,19,21)/t11-/m0/s1. The summed E-state index contributed by atoms with van der Waals surface area (Å²) in [4.78, 5) is 26.4. The summed E-state index contributed by atoms with van der Waals surface area (Å²) in [5.41, 5.74) is 4.14. The molecule has 0 bridgehead atoms. The zero-order chi connectivity index (χ0) is 16.1. The van der Waals surface area contributed by atoms with Crippen LogP contribution in [0.3, 0.4) is 0 Å². The summed E-state index contributed by atoms with van der Waals surface area (Å²) in [5.74, 6) is 0.115. The van der Waals surface area contributed by atoms with Gasteiger partial charge in [-0.1, -0.05) is 20.8 Å². The van der Waals surface area contributed by atoms with Crippen LogP contribution in [0.1, 0.15) is 57.6 Å². The molecule has 2 amide bonds. The second-order valence-corrected chi connectivity index (χ2v) is 7.67. The fourth-order valence-electron chi connectivity index (χ4n) is 3.45. The molecule has 0 saturated carbocycles. The predicted octanol–water partition coefficient (Wildman–Crippen LogP) is 3.46. The van der Waals surface area contributed by atoms with Gasteiger partial charge < -0.3 is 10.2 Å². The summed E-state index contributed by atoms with van der Waals surface area (Å²) in [7, 11) is 0. The summed E-state index contributed by atoms with van der Waals surface area (Å²) in [6, 6.07) is 4.02. The van der Waals surface area contributed by atoms with E-state index in [2.05, 4.69) is 26.1 Å². The third-order valence-electron chi connectivity index (χ3n) is 4.39. The van der Waals surface area contributed by atoms with Crippen LogP contribution in [-0.4, -0.2) is 18.4 Å². The third kappa shape index (κ3) is 2.62. The number of aryl methyl sites for hydroxylation is 1. The molecule has 2 aliphatic heterocycles. The quantitative estimate of drug-likeness (QED) is 0.909. The molecule has 0 fully saturated rings. The molecule has 2 heterocycles. The summed E-state index contributed by atoms with van der Waals surface area (Å²) >= 11 is 0. The van der Waals surface area contributed by atoms with Gasteiger partial charge in [-0.2, -0.15) is 0 Å². The van der Waals surface area contributed by atoms with E-state index in [1.807, 2.05) is 24.0 Å². The number of rotatable bonds is 2. The minimum absolute atomic E-state index is 0.0318. The predicted molar refractivity (Wildman–Crippen MR) is 88.2 cm³/mol. The normalized spacial score (nSPS) is 20.1. The van der Waals surface area contributed by atoms with Crippen LogP contribution in [0.4, 0.5) is 11.4 Å². The molecule has 118 valence electrons. The Hall–Kier alpha value is -1.84. The van der Waals surface area contributed by atoms with Gasteiger partial charge in [-0.15, -0.1) is 0 Å². The summed E-state index contributed by atoms with van der Waals surface area (Å²) in [6.45, 7) is 8.93. The SMILES string of the molecule is C[C@@H]1C(=O)N2CCCc3cc(NC(=O)CC(C)(C)C)cc1c32. The maximum absolute atomic E-state index is 12.3. The molecule has 4 nitrogen and oxygen atoms in total. The highest BCUT2D eigenvalue weighted by atomic mass is 16.2. The van der Waals surface area contributed by atoms with Crippen molar-refractivity contribution in [2.75, 3.05) is 16.8 Å². The van der Waals surface area contributed by atoms with E-state index in [0.29, 0.717) is 6.42 Å². The zero-order valence-corrected chi connectivity index (χ0v) is 13.8. The van der Waals surface area contributed by atoms with Gasteiger partial charge >= 0.3 is 0 Å². The van der Waals surface area contributed by atoms with E-state index in [4.69, 9.17) is 0 Å². The summed E-state index contributed by atoms with van der Waals surface area (Å²) < 4.78 is 0. The number of amides is 2. The Morgan fingerprint density at radius 1 is 1.36 bits per heavy atom. The first-order chi connectivity index (χ1) is 10.3. The Balaban J connectivity index is 1.90. The van der Waals surface area contributed by atoms with Crippen LogP contribution in [0.15, 0.2) is 12.1 Å². The second kappa shape index (κ2) is 5.11. The van der Waals surface area contributed by atoms with E-state index in [1.165, 1.54) is 5.56 Å². The van der Waals surface area contributed by atoms with Gasteiger partial charge in [0.2, 0.25) is 11.8 Å². The number of benzene rings is 1. The summed E-state index contributed by atoms with van der Waals surface area (Å²) in [5, 5.41) is 3.01. The Bertz CT molecular complexity index is 643. The Morgan fingerprint density at radius 2 is 2.09 bits per heavy atom. The number of hydrogen-bond donors (Lipinski definition) is 1. The Kier molecular flexibility index (Phi) is 3.50. The molecule has 0 aromatic heterocycles. The lowest BCUT2D eigenvalue weighted by Gasteiger charge is -2.26.